The molecule has 0 saturated carbocycles. The zero-order valence-electron chi connectivity index (χ0n) is 12.2. The highest BCUT2D eigenvalue weighted by atomic mass is 32.2. The monoisotopic (exact) mass is 270 g/mol. The van der Waals surface area contributed by atoms with Crippen LogP contribution in [0.25, 0.3) is 0 Å². The van der Waals surface area contributed by atoms with Crippen molar-refractivity contribution in [1.29, 1.82) is 0 Å². The molecule has 2 rings (SSSR count). The third-order valence-corrected chi connectivity index (χ3v) is 2.77. The van der Waals surface area contributed by atoms with Gasteiger partial charge in [-0.25, -0.2) is 0 Å². The molecule has 0 fully saturated rings. The molecule has 0 aliphatic heterocycles. The highest BCUT2D eigenvalue weighted by Crippen LogP contribution is 2.11. The maximum atomic E-state index is 2.96. The Balaban J connectivity index is 0.000000303. The summed E-state index contributed by atoms with van der Waals surface area (Å²) in [6, 6.07) is 20.3. The number of thioether (sulfide) groups is 1. The van der Waals surface area contributed by atoms with Gasteiger partial charge in [0, 0.05) is 10.5 Å². The van der Waals surface area contributed by atoms with Crippen LogP contribution in [0.15, 0.2) is 65.6 Å². The van der Waals surface area contributed by atoms with Crippen molar-refractivity contribution in [3.8, 4) is 11.8 Å². The molecule has 0 bridgehead atoms. The SMILES string of the molecule is CC.CC#Cc1ccccc1.CSc1ccccc1. The molecule has 19 heavy (non-hydrogen) atoms. The highest BCUT2D eigenvalue weighted by molar-refractivity contribution is 7.98. The molecular weight excluding hydrogens is 248 g/mol. The molecule has 2 aromatic rings. The van der Waals surface area contributed by atoms with Crippen molar-refractivity contribution >= 4 is 11.8 Å². The molecule has 0 spiro atoms. The summed E-state index contributed by atoms with van der Waals surface area (Å²) in [5.74, 6) is 5.79. The molecule has 0 amide bonds. The van der Waals surface area contributed by atoms with E-state index in [1.807, 2.05) is 69.3 Å². The van der Waals surface area contributed by atoms with Gasteiger partial charge in [-0.3, -0.25) is 0 Å². The average molecular weight is 270 g/mol. The summed E-state index contributed by atoms with van der Waals surface area (Å²) < 4.78 is 0. The molecule has 0 unspecified atom stereocenters. The van der Waals surface area contributed by atoms with Crippen molar-refractivity contribution in [1.82, 2.24) is 0 Å². The Morgan fingerprint density at radius 1 is 0.789 bits per heavy atom. The minimum absolute atomic E-state index is 1.08. The standard InChI is InChI=1S/C9H8.C7H8S.C2H6/c1-2-6-9-7-4-3-5-8-9;1-8-7-5-3-2-4-6-7;1-2/h3-5,7-8H,1H3;2-6H,1H3;1-2H3. The lowest BCUT2D eigenvalue weighted by Gasteiger charge is -1.89. The van der Waals surface area contributed by atoms with Crippen molar-refractivity contribution < 1.29 is 0 Å². The average Bonchev–Trinajstić information content (AvgIpc) is 2.52. The summed E-state index contributed by atoms with van der Waals surface area (Å²) in [4.78, 5) is 1.33. The van der Waals surface area contributed by atoms with Gasteiger partial charge in [0.2, 0.25) is 0 Å². The van der Waals surface area contributed by atoms with E-state index in [4.69, 9.17) is 0 Å². The fourth-order valence-corrected chi connectivity index (χ4v) is 1.65. The molecule has 1 heteroatoms. The molecule has 0 heterocycles. The Hall–Kier alpha value is -1.65. The van der Waals surface area contributed by atoms with Gasteiger partial charge in [0.15, 0.2) is 0 Å². The maximum Gasteiger partial charge on any atom is 0.0245 e. The van der Waals surface area contributed by atoms with E-state index in [9.17, 15) is 0 Å². The van der Waals surface area contributed by atoms with Crippen LogP contribution in [0.1, 0.15) is 26.3 Å². The first-order valence-electron chi connectivity index (χ1n) is 6.43. The second-order valence-corrected chi connectivity index (χ2v) is 4.14. The van der Waals surface area contributed by atoms with Gasteiger partial charge in [0.25, 0.3) is 0 Å². The summed E-state index contributed by atoms with van der Waals surface area (Å²) in [5.41, 5.74) is 1.08. The van der Waals surface area contributed by atoms with Crippen molar-refractivity contribution in [2.24, 2.45) is 0 Å². The second kappa shape index (κ2) is 12.8. The second-order valence-electron chi connectivity index (χ2n) is 3.26. The third-order valence-electron chi connectivity index (χ3n) is 2.02. The van der Waals surface area contributed by atoms with Crippen LogP contribution in [0.5, 0.6) is 0 Å². The maximum absolute atomic E-state index is 2.96. The van der Waals surface area contributed by atoms with Crippen LogP contribution in [0, 0.1) is 11.8 Å². The topological polar surface area (TPSA) is 0 Å². The third kappa shape index (κ3) is 8.99. The summed E-state index contributed by atoms with van der Waals surface area (Å²) in [5, 5.41) is 0. The molecule has 0 atom stereocenters. The normalized spacial score (nSPS) is 7.79. The van der Waals surface area contributed by atoms with E-state index < -0.39 is 0 Å². The molecule has 0 N–H and O–H groups in total. The van der Waals surface area contributed by atoms with E-state index in [2.05, 4.69) is 30.2 Å². The van der Waals surface area contributed by atoms with E-state index in [0.29, 0.717) is 0 Å². The minimum atomic E-state index is 1.08. The number of benzene rings is 2. The molecule has 0 saturated heterocycles. The zero-order chi connectivity index (χ0) is 14.3. The molecule has 0 nitrogen and oxygen atoms in total. The summed E-state index contributed by atoms with van der Waals surface area (Å²) in [6.45, 7) is 5.84. The minimum Gasteiger partial charge on any atom is -0.130 e. The van der Waals surface area contributed by atoms with Gasteiger partial charge >= 0.3 is 0 Å². The predicted octanol–water partition coefficient (Wildman–Crippen LogP) is 5.49. The van der Waals surface area contributed by atoms with E-state index >= 15 is 0 Å². The van der Waals surface area contributed by atoms with Crippen LogP contribution < -0.4 is 0 Å². The quantitative estimate of drug-likeness (QED) is 0.487. The molecular formula is C18H22S. The lowest BCUT2D eigenvalue weighted by atomic mass is 10.2. The molecule has 0 radical (unpaired) electrons. The Morgan fingerprint density at radius 3 is 1.63 bits per heavy atom. The summed E-state index contributed by atoms with van der Waals surface area (Å²) in [7, 11) is 0. The largest absolute Gasteiger partial charge is 0.130 e. The fraction of sp³-hybridized carbons (Fsp3) is 0.222. The first kappa shape index (κ1) is 17.4. The van der Waals surface area contributed by atoms with Crippen LogP contribution in [0.2, 0.25) is 0 Å². The number of rotatable bonds is 1. The number of hydrogen-bond acceptors (Lipinski definition) is 1. The van der Waals surface area contributed by atoms with Gasteiger partial charge in [0.1, 0.15) is 0 Å². The first-order chi connectivity index (χ1) is 9.36. The Labute approximate surface area is 122 Å². The Morgan fingerprint density at radius 2 is 1.26 bits per heavy atom. The smallest absolute Gasteiger partial charge is 0.0245 e. The van der Waals surface area contributed by atoms with Gasteiger partial charge in [-0.05, 0) is 37.4 Å². The Bertz CT molecular complexity index is 463. The molecule has 0 aliphatic carbocycles. The highest BCUT2D eigenvalue weighted by Gasteiger charge is 1.80. The van der Waals surface area contributed by atoms with Gasteiger partial charge in [0.05, 0.1) is 0 Å². The summed E-state index contributed by atoms with van der Waals surface area (Å²) >= 11 is 1.77. The summed E-state index contributed by atoms with van der Waals surface area (Å²) in [6.07, 6.45) is 2.08. The fourth-order valence-electron chi connectivity index (χ4n) is 1.22. The number of hydrogen-bond donors (Lipinski definition) is 0. The predicted molar refractivity (Wildman–Crippen MR) is 88.6 cm³/mol. The van der Waals surface area contributed by atoms with E-state index in [-0.39, 0.29) is 0 Å². The molecule has 0 aliphatic rings. The lowest BCUT2D eigenvalue weighted by Crippen LogP contribution is -1.67. The van der Waals surface area contributed by atoms with E-state index in [1.165, 1.54) is 4.90 Å². The van der Waals surface area contributed by atoms with Gasteiger partial charge in [-0.2, -0.15) is 0 Å². The first-order valence-corrected chi connectivity index (χ1v) is 7.66. The van der Waals surface area contributed by atoms with Crippen molar-refractivity contribution in [3.05, 3.63) is 66.2 Å². The van der Waals surface area contributed by atoms with Crippen LogP contribution in [0.4, 0.5) is 0 Å². The van der Waals surface area contributed by atoms with Crippen molar-refractivity contribution in [2.45, 2.75) is 25.7 Å². The van der Waals surface area contributed by atoms with E-state index in [1.54, 1.807) is 11.8 Å². The van der Waals surface area contributed by atoms with Crippen molar-refractivity contribution in [3.63, 3.8) is 0 Å². The van der Waals surface area contributed by atoms with Gasteiger partial charge in [-0.15, -0.1) is 17.7 Å². The van der Waals surface area contributed by atoms with Crippen LogP contribution in [-0.4, -0.2) is 6.26 Å². The van der Waals surface area contributed by atoms with Crippen molar-refractivity contribution in [2.75, 3.05) is 6.26 Å². The zero-order valence-corrected chi connectivity index (χ0v) is 13.0. The van der Waals surface area contributed by atoms with Gasteiger partial charge in [-0.1, -0.05) is 56.2 Å². The lowest BCUT2D eigenvalue weighted by molar-refractivity contribution is 1.47. The van der Waals surface area contributed by atoms with E-state index in [0.717, 1.165) is 5.56 Å². The molecule has 100 valence electrons. The molecule has 0 aromatic heterocycles. The molecule has 2 aromatic carbocycles. The van der Waals surface area contributed by atoms with Crippen LogP contribution in [-0.2, 0) is 0 Å². The Kier molecular flexibility index (Phi) is 11.7. The van der Waals surface area contributed by atoms with Crippen LogP contribution in [0.3, 0.4) is 0 Å². The van der Waals surface area contributed by atoms with Crippen LogP contribution >= 0.6 is 11.8 Å². The van der Waals surface area contributed by atoms with Gasteiger partial charge < -0.3 is 0 Å².